The molecule has 0 bridgehead atoms. The second-order valence-electron chi connectivity index (χ2n) is 4.78. The molecule has 1 nitrogen and oxygen atoms in total. The first-order valence-electron chi connectivity index (χ1n) is 5.39. The minimum absolute atomic E-state index is 0.336. The van der Waals surface area contributed by atoms with Crippen molar-refractivity contribution >= 4 is 5.78 Å². The number of carbonyl (C=O) groups excluding carboxylic acids is 1. The summed E-state index contributed by atoms with van der Waals surface area (Å²) >= 11 is 0. The van der Waals surface area contributed by atoms with Crippen molar-refractivity contribution in [3.05, 3.63) is 12.2 Å². The Labute approximate surface area is 80.2 Å². The van der Waals surface area contributed by atoms with Crippen molar-refractivity contribution in [2.24, 2.45) is 23.7 Å². The van der Waals surface area contributed by atoms with Crippen LogP contribution in [0.15, 0.2) is 12.2 Å². The van der Waals surface area contributed by atoms with Crippen LogP contribution >= 0.6 is 0 Å². The number of fused-ring (bicyclic) bond motifs is 1. The monoisotopic (exact) mass is 178 g/mol. The van der Waals surface area contributed by atoms with E-state index in [0.29, 0.717) is 17.6 Å². The van der Waals surface area contributed by atoms with Crippen LogP contribution in [0.1, 0.15) is 33.1 Å². The smallest absolute Gasteiger partial charge is 0.155 e. The van der Waals surface area contributed by atoms with Crippen LogP contribution in [0, 0.1) is 23.7 Å². The highest BCUT2D eigenvalue weighted by Crippen LogP contribution is 2.42. The molecule has 2 unspecified atom stereocenters. The molecule has 2 aliphatic rings. The van der Waals surface area contributed by atoms with E-state index in [1.165, 1.54) is 12.8 Å². The molecule has 0 N–H and O–H groups in total. The van der Waals surface area contributed by atoms with Crippen LogP contribution in [-0.4, -0.2) is 5.78 Å². The predicted octanol–water partition coefficient (Wildman–Crippen LogP) is 2.81. The molecule has 0 aromatic carbocycles. The van der Waals surface area contributed by atoms with Gasteiger partial charge in [0.1, 0.15) is 0 Å². The van der Waals surface area contributed by atoms with Crippen molar-refractivity contribution in [2.75, 3.05) is 0 Å². The average molecular weight is 178 g/mol. The lowest BCUT2D eigenvalue weighted by Crippen LogP contribution is -2.33. The van der Waals surface area contributed by atoms with Crippen LogP contribution in [0.25, 0.3) is 0 Å². The molecule has 4 atom stereocenters. The summed E-state index contributed by atoms with van der Waals surface area (Å²) in [6.07, 6.45) is 7.33. The van der Waals surface area contributed by atoms with Gasteiger partial charge in [-0.15, -0.1) is 0 Å². The van der Waals surface area contributed by atoms with Crippen molar-refractivity contribution in [1.82, 2.24) is 0 Å². The van der Waals surface area contributed by atoms with E-state index in [0.717, 1.165) is 18.3 Å². The van der Waals surface area contributed by atoms with Crippen molar-refractivity contribution in [3.63, 3.8) is 0 Å². The first-order valence-corrected chi connectivity index (χ1v) is 5.39. The summed E-state index contributed by atoms with van der Waals surface area (Å²) < 4.78 is 0. The van der Waals surface area contributed by atoms with Crippen LogP contribution in [-0.2, 0) is 4.79 Å². The van der Waals surface area contributed by atoms with Crippen LogP contribution in [0.5, 0.6) is 0 Å². The molecule has 1 saturated carbocycles. The van der Waals surface area contributed by atoms with Crippen molar-refractivity contribution in [1.29, 1.82) is 0 Å². The molecule has 0 heterocycles. The number of ketones is 1. The van der Waals surface area contributed by atoms with Gasteiger partial charge in [-0.3, -0.25) is 4.79 Å². The lowest BCUT2D eigenvalue weighted by molar-refractivity contribution is -0.117. The summed E-state index contributed by atoms with van der Waals surface area (Å²) in [5.74, 6) is 3.27. The molecule has 2 aliphatic carbocycles. The number of hydrogen-bond acceptors (Lipinski definition) is 1. The second-order valence-corrected chi connectivity index (χ2v) is 4.78. The van der Waals surface area contributed by atoms with E-state index < -0.39 is 0 Å². The fraction of sp³-hybridized carbons (Fsp3) is 0.750. The summed E-state index contributed by atoms with van der Waals surface area (Å²) in [6.45, 7) is 4.67. The Bertz CT molecular complexity index is 242. The Morgan fingerprint density at radius 1 is 1.31 bits per heavy atom. The highest BCUT2D eigenvalue weighted by atomic mass is 16.1. The molecule has 13 heavy (non-hydrogen) atoms. The van der Waals surface area contributed by atoms with Crippen LogP contribution in [0.3, 0.4) is 0 Å². The third-order valence-electron chi connectivity index (χ3n) is 4.01. The molecule has 0 saturated heterocycles. The fourth-order valence-electron chi connectivity index (χ4n) is 2.86. The highest BCUT2D eigenvalue weighted by molar-refractivity contribution is 5.90. The zero-order valence-corrected chi connectivity index (χ0v) is 8.49. The maximum Gasteiger partial charge on any atom is 0.155 e. The standard InChI is InChI=1S/C12H18O/c1-8-3-4-10-7-11(13)5-6-12(10)9(8)2/h5-6,8-10,12H,3-4,7H2,1-2H3/t8?,9?,10-,12+/m0/s1. The molecule has 0 aromatic rings. The molecule has 2 rings (SSSR count). The van der Waals surface area contributed by atoms with E-state index in [4.69, 9.17) is 0 Å². The highest BCUT2D eigenvalue weighted by Gasteiger charge is 2.35. The van der Waals surface area contributed by atoms with Crippen LogP contribution in [0.2, 0.25) is 0 Å². The third-order valence-corrected chi connectivity index (χ3v) is 4.01. The molecule has 0 aliphatic heterocycles. The van der Waals surface area contributed by atoms with Gasteiger partial charge >= 0.3 is 0 Å². The molecular weight excluding hydrogens is 160 g/mol. The molecule has 0 amide bonds. The largest absolute Gasteiger partial charge is 0.295 e. The first kappa shape index (κ1) is 8.98. The van der Waals surface area contributed by atoms with E-state index in [1.54, 1.807) is 6.08 Å². The van der Waals surface area contributed by atoms with Gasteiger partial charge in [-0.2, -0.15) is 0 Å². The van der Waals surface area contributed by atoms with Gasteiger partial charge in [-0.25, -0.2) is 0 Å². The lowest BCUT2D eigenvalue weighted by Gasteiger charge is -2.40. The molecule has 1 fully saturated rings. The molecule has 0 spiro atoms. The second kappa shape index (κ2) is 3.28. The van der Waals surface area contributed by atoms with Gasteiger partial charge in [-0.1, -0.05) is 26.3 Å². The minimum Gasteiger partial charge on any atom is -0.295 e. The average Bonchev–Trinajstić information content (AvgIpc) is 2.12. The Morgan fingerprint density at radius 2 is 2.08 bits per heavy atom. The Kier molecular flexibility index (Phi) is 2.27. The summed E-state index contributed by atoms with van der Waals surface area (Å²) in [6, 6.07) is 0. The molecule has 0 radical (unpaired) electrons. The molecular formula is C12H18O. The maximum absolute atomic E-state index is 11.2. The van der Waals surface area contributed by atoms with Gasteiger partial charge in [0.25, 0.3) is 0 Å². The van der Waals surface area contributed by atoms with E-state index in [2.05, 4.69) is 19.9 Å². The summed E-state index contributed by atoms with van der Waals surface area (Å²) in [4.78, 5) is 11.2. The number of hydrogen-bond donors (Lipinski definition) is 0. The SMILES string of the molecule is CC1CC[C@H]2CC(=O)C=C[C@@H]2C1C. The number of allylic oxidation sites excluding steroid dienone is 2. The quantitative estimate of drug-likeness (QED) is 0.557. The summed E-state index contributed by atoms with van der Waals surface area (Å²) in [7, 11) is 0. The zero-order valence-electron chi connectivity index (χ0n) is 8.49. The van der Waals surface area contributed by atoms with Crippen LogP contribution in [0.4, 0.5) is 0 Å². The van der Waals surface area contributed by atoms with Gasteiger partial charge in [0.05, 0.1) is 0 Å². The van der Waals surface area contributed by atoms with Gasteiger partial charge in [0.2, 0.25) is 0 Å². The van der Waals surface area contributed by atoms with E-state index in [1.807, 2.05) is 0 Å². The molecule has 1 heteroatoms. The van der Waals surface area contributed by atoms with Crippen molar-refractivity contribution in [2.45, 2.75) is 33.1 Å². The van der Waals surface area contributed by atoms with Crippen molar-refractivity contribution in [3.8, 4) is 0 Å². The van der Waals surface area contributed by atoms with Gasteiger partial charge in [0.15, 0.2) is 5.78 Å². The maximum atomic E-state index is 11.2. The summed E-state index contributed by atoms with van der Waals surface area (Å²) in [5.41, 5.74) is 0. The fourth-order valence-corrected chi connectivity index (χ4v) is 2.86. The van der Waals surface area contributed by atoms with Gasteiger partial charge in [-0.05, 0) is 36.2 Å². The minimum atomic E-state index is 0.336. The van der Waals surface area contributed by atoms with E-state index in [-0.39, 0.29) is 0 Å². The Morgan fingerprint density at radius 3 is 2.85 bits per heavy atom. The van der Waals surface area contributed by atoms with Crippen molar-refractivity contribution < 1.29 is 4.79 Å². The summed E-state index contributed by atoms with van der Waals surface area (Å²) in [5, 5.41) is 0. The zero-order chi connectivity index (χ0) is 9.42. The lowest BCUT2D eigenvalue weighted by atomic mass is 9.65. The first-order chi connectivity index (χ1) is 6.18. The Hall–Kier alpha value is -0.590. The van der Waals surface area contributed by atoms with E-state index in [9.17, 15) is 4.79 Å². The third kappa shape index (κ3) is 1.56. The molecule has 0 aromatic heterocycles. The predicted molar refractivity (Wildman–Crippen MR) is 53.3 cm³/mol. The van der Waals surface area contributed by atoms with Crippen LogP contribution < -0.4 is 0 Å². The van der Waals surface area contributed by atoms with E-state index >= 15 is 0 Å². The van der Waals surface area contributed by atoms with Gasteiger partial charge < -0.3 is 0 Å². The normalized spacial score (nSPS) is 44.6. The van der Waals surface area contributed by atoms with Gasteiger partial charge in [0, 0.05) is 6.42 Å². The number of rotatable bonds is 0. The topological polar surface area (TPSA) is 17.1 Å². The molecule has 72 valence electrons. The Balaban J connectivity index is 2.17. The number of carbonyl (C=O) groups is 1.